The normalized spacial score (nSPS) is 13.1. The van der Waals surface area contributed by atoms with Crippen LogP contribution in [-0.2, 0) is 16.4 Å². The van der Waals surface area contributed by atoms with Gasteiger partial charge in [-0.25, -0.2) is 17.2 Å². The molecule has 1 aliphatic rings. The molecule has 0 spiro atoms. The number of anilines is 1. The molecule has 0 atom stereocenters. The number of aromatic nitrogens is 1. The number of nitrogens with zero attached hydrogens (tertiary/aromatic N) is 1. The van der Waals surface area contributed by atoms with Crippen LogP contribution < -0.4 is 4.72 Å². The van der Waals surface area contributed by atoms with Gasteiger partial charge in [-0.2, -0.15) is 0 Å². The Balaban J connectivity index is 1.52. The third kappa shape index (κ3) is 4.23. The van der Waals surface area contributed by atoms with Crippen molar-refractivity contribution in [2.75, 3.05) is 10.5 Å². The van der Waals surface area contributed by atoms with Gasteiger partial charge in [-0.3, -0.25) is 14.5 Å². The highest BCUT2D eigenvalue weighted by atomic mass is 32.2. The van der Waals surface area contributed by atoms with Crippen molar-refractivity contribution >= 4 is 38.0 Å². The van der Waals surface area contributed by atoms with E-state index in [1.165, 1.54) is 0 Å². The molecule has 0 saturated heterocycles. The number of nitrogens with one attached hydrogen (secondary N) is 1. The van der Waals surface area contributed by atoms with Gasteiger partial charge in [0.15, 0.2) is 11.6 Å². The highest BCUT2D eigenvalue weighted by molar-refractivity contribution is 7.92. The van der Waals surface area contributed by atoms with Crippen molar-refractivity contribution in [1.29, 1.82) is 0 Å². The van der Waals surface area contributed by atoms with Crippen molar-refractivity contribution in [2.45, 2.75) is 19.8 Å². The van der Waals surface area contributed by atoms with E-state index >= 15 is 4.39 Å². The molecule has 2 aromatic heterocycles. The van der Waals surface area contributed by atoms with Crippen molar-refractivity contribution in [1.82, 2.24) is 4.98 Å². The molecule has 35 heavy (non-hydrogen) atoms. The predicted octanol–water partition coefficient (Wildman–Crippen LogP) is 5.75. The standard InChI is InChI=1S/C26H20F2N2O4S/c1-2-11-35(32,33)30-22-8-6-20(27)24(25(22)28)26(31)18-5-7-21-19(18)12-17(14-29-21)16-4-3-15-9-10-34-23(15)13-16/h3-6,8-10,12-14,30H,2,7,11H2,1H3. The van der Waals surface area contributed by atoms with Crippen LogP contribution in [0.1, 0.15) is 35.0 Å². The lowest BCUT2D eigenvalue weighted by molar-refractivity contribution is 0.104. The van der Waals surface area contributed by atoms with Crippen molar-refractivity contribution in [2.24, 2.45) is 0 Å². The molecule has 6 nitrogen and oxygen atoms in total. The van der Waals surface area contributed by atoms with Gasteiger partial charge in [0.05, 0.1) is 29.0 Å². The first-order valence-corrected chi connectivity index (χ1v) is 12.6. The molecule has 5 rings (SSSR count). The lowest BCUT2D eigenvalue weighted by atomic mass is 9.96. The predicted molar refractivity (Wildman–Crippen MR) is 130 cm³/mol. The summed E-state index contributed by atoms with van der Waals surface area (Å²) in [4.78, 5) is 17.8. The minimum absolute atomic E-state index is 0.111. The molecular weight excluding hydrogens is 474 g/mol. The molecule has 0 bridgehead atoms. The van der Waals surface area contributed by atoms with Crippen molar-refractivity contribution < 1.29 is 26.4 Å². The number of Topliss-reactive ketones (excluding diaryl/α,β-unsaturated/α-hetero) is 1. The van der Waals surface area contributed by atoms with E-state index in [1.807, 2.05) is 24.3 Å². The molecule has 0 saturated carbocycles. The Morgan fingerprint density at radius 3 is 2.74 bits per heavy atom. The van der Waals surface area contributed by atoms with Gasteiger partial charge in [-0.05, 0) is 42.3 Å². The zero-order valence-electron chi connectivity index (χ0n) is 18.6. The Hall–Kier alpha value is -3.85. The number of halogens is 2. The van der Waals surface area contributed by atoms with E-state index < -0.39 is 38.7 Å². The second-order valence-corrected chi connectivity index (χ2v) is 10.1. The maximum Gasteiger partial charge on any atom is 0.232 e. The van der Waals surface area contributed by atoms with E-state index in [2.05, 4.69) is 9.71 Å². The third-order valence-electron chi connectivity index (χ3n) is 5.85. The number of allylic oxidation sites excluding steroid dienone is 2. The summed E-state index contributed by atoms with van der Waals surface area (Å²) >= 11 is 0. The van der Waals surface area contributed by atoms with E-state index in [0.717, 1.165) is 23.1 Å². The molecule has 1 N–H and O–H groups in total. The number of sulfonamides is 1. The summed E-state index contributed by atoms with van der Waals surface area (Å²) in [5, 5.41) is 0.944. The molecule has 2 heterocycles. The average molecular weight is 495 g/mol. The van der Waals surface area contributed by atoms with E-state index in [0.29, 0.717) is 35.2 Å². The maximum absolute atomic E-state index is 15.2. The first-order valence-electron chi connectivity index (χ1n) is 11.0. The molecule has 0 amide bonds. The Morgan fingerprint density at radius 2 is 1.94 bits per heavy atom. The van der Waals surface area contributed by atoms with Gasteiger partial charge < -0.3 is 4.42 Å². The summed E-state index contributed by atoms with van der Waals surface area (Å²) in [6.07, 6.45) is 5.49. The van der Waals surface area contributed by atoms with Crippen LogP contribution in [-0.4, -0.2) is 24.9 Å². The molecule has 2 aromatic carbocycles. The smallest absolute Gasteiger partial charge is 0.232 e. The first-order chi connectivity index (χ1) is 16.8. The van der Waals surface area contributed by atoms with Crippen molar-refractivity contribution in [3.63, 3.8) is 0 Å². The number of hydrogen-bond acceptors (Lipinski definition) is 5. The van der Waals surface area contributed by atoms with Crippen LogP contribution in [0.15, 0.2) is 65.4 Å². The fourth-order valence-corrected chi connectivity index (χ4v) is 5.30. The van der Waals surface area contributed by atoms with E-state index in [4.69, 9.17) is 4.42 Å². The summed E-state index contributed by atoms with van der Waals surface area (Å²) in [6, 6.07) is 11.1. The average Bonchev–Trinajstić information content (AvgIpc) is 3.46. The van der Waals surface area contributed by atoms with Gasteiger partial charge in [0.2, 0.25) is 10.0 Å². The zero-order chi connectivity index (χ0) is 24.7. The number of hydrogen-bond donors (Lipinski definition) is 1. The number of ketones is 1. The van der Waals surface area contributed by atoms with Crippen LogP contribution in [0.2, 0.25) is 0 Å². The van der Waals surface area contributed by atoms with Gasteiger partial charge >= 0.3 is 0 Å². The van der Waals surface area contributed by atoms with Crippen LogP contribution in [0.3, 0.4) is 0 Å². The second kappa shape index (κ2) is 8.74. The van der Waals surface area contributed by atoms with Gasteiger partial charge in [-0.1, -0.05) is 25.1 Å². The highest BCUT2D eigenvalue weighted by Gasteiger charge is 2.29. The van der Waals surface area contributed by atoms with E-state index in [9.17, 15) is 17.6 Å². The Labute approximate surface area is 200 Å². The summed E-state index contributed by atoms with van der Waals surface area (Å²) in [5.41, 5.74) is 2.13. The number of carbonyl (C=O) groups is 1. The Bertz CT molecular complexity index is 1620. The fourth-order valence-electron chi connectivity index (χ4n) is 4.17. The largest absolute Gasteiger partial charge is 0.464 e. The minimum atomic E-state index is -3.83. The van der Waals surface area contributed by atoms with Crippen LogP contribution in [0.25, 0.3) is 27.7 Å². The molecule has 0 aliphatic heterocycles. The first kappa shape index (κ1) is 22.9. The summed E-state index contributed by atoms with van der Waals surface area (Å²) in [7, 11) is -3.83. The zero-order valence-corrected chi connectivity index (χ0v) is 19.5. The topological polar surface area (TPSA) is 89.3 Å². The van der Waals surface area contributed by atoms with Crippen LogP contribution in [0.5, 0.6) is 0 Å². The number of furan rings is 1. The van der Waals surface area contributed by atoms with Crippen LogP contribution in [0, 0.1) is 11.6 Å². The number of benzene rings is 2. The molecule has 9 heteroatoms. The summed E-state index contributed by atoms with van der Waals surface area (Å²) < 4.78 is 61.6. The molecule has 0 unspecified atom stereocenters. The number of pyridine rings is 1. The summed E-state index contributed by atoms with van der Waals surface area (Å²) in [6.45, 7) is 1.66. The van der Waals surface area contributed by atoms with Gasteiger partial charge in [-0.15, -0.1) is 0 Å². The minimum Gasteiger partial charge on any atom is -0.464 e. The van der Waals surface area contributed by atoms with Crippen LogP contribution in [0.4, 0.5) is 14.5 Å². The fraction of sp³-hybridized carbons (Fsp3) is 0.154. The lowest BCUT2D eigenvalue weighted by Crippen LogP contribution is -2.18. The molecule has 178 valence electrons. The van der Waals surface area contributed by atoms with Crippen LogP contribution >= 0.6 is 0 Å². The molecule has 0 radical (unpaired) electrons. The summed E-state index contributed by atoms with van der Waals surface area (Å²) in [5.74, 6) is -3.44. The number of carbonyl (C=O) groups excluding carboxylic acids is 1. The molecule has 4 aromatic rings. The number of rotatable bonds is 7. The SMILES string of the molecule is CCCS(=O)(=O)Nc1ccc(F)c(C(=O)C2=CCc3ncc(-c4ccc5ccoc5c4)cc32)c1F. The highest BCUT2D eigenvalue weighted by Crippen LogP contribution is 2.35. The van der Waals surface area contributed by atoms with E-state index in [-0.39, 0.29) is 11.3 Å². The molecule has 1 aliphatic carbocycles. The van der Waals surface area contributed by atoms with Crippen molar-refractivity contribution in [3.05, 3.63) is 89.5 Å². The van der Waals surface area contributed by atoms with Crippen molar-refractivity contribution in [3.8, 4) is 11.1 Å². The lowest BCUT2D eigenvalue weighted by Gasteiger charge is -2.13. The maximum atomic E-state index is 15.2. The quantitative estimate of drug-likeness (QED) is 0.331. The van der Waals surface area contributed by atoms with Gasteiger partial charge in [0.1, 0.15) is 11.4 Å². The van der Waals surface area contributed by atoms with E-state index in [1.54, 1.807) is 31.5 Å². The van der Waals surface area contributed by atoms with Gasteiger partial charge in [0.25, 0.3) is 0 Å². The Morgan fingerprint density at radius 1 is 1.11 bits per heavy atom. The number of fused-ring (bicyclic) bond motifs is 2. The second-order valence-electron chi connectivity index (χ2n) is 8.25. The Kier molecular flexibility index (Phi) is 5.72. The molecular formula is C26H20F2N2O4S. The third-order valence-corrected chi connectivity index (χ3v) is 7.33. The monoisotopic (exact) mass is 494 g/mol. The molecule has 0 fully saturated rings. The van der Waals surface area contributed by atoms with Gasteiger partial charge in [0, 0.05) is 34.7 Å².